The van der Waals surface area contributed by atoms with E-state index in [1.54, 1.807) is 0 Å². The quantitative estimate of drug-likeness (QED) is 0.737. The molecule has 0 unspecified atom stereocenters. The molecule has 1 aliphatic carbocycles. The second kappa shape index (κ2) is 8.28. The van der Waals surface area contributed by atoms with E-state index in [1.165, 1.54) is 38.6 Å². The van der Waals surface area contributed by atoms with Gasteiger partial charge in [-0.1, -0.05) is 26.7 Å². The number of hydrogen-bond acceptors (Lipinski definition) is 3. The third-order valence-electron chi connectivity index (χ3n) is 4.36. The van der Waals surface area contributed by atoms with Crippen LogP contribution in [0, 0.1) is 5.92 Å². The summed E-state index contributed by atoms with van der Waals surface area (Å²) in [5, 5.41) is 0. The maximum absolute atomic E-state index is 5.86. The van der Waals surface area contributed by atoms with Crippen molar-refractivity contribution >= 4 is 5.69 Å². The summed E-state index contributed by atoms with van der Waals surface area (Å²) in [6.07, 6.45) is 6.78. The number of rotatable bonds is 8. The minimum Gasteiger partial charge on any atom is -0.492 e. The Hall–Kier alpha value is -1.22. The third-order valence-corrected chi connectivity index (χ3v) is 4.36. The Balaban J connectivity index is 1.78. The highest BCUT2D eigenvalue weighted by atomic mass is 16.5. The molecule has 118 valence electrons. The van der Waals surface area contributed by atoms with Crippen LogP contribution < -0.4 is 10.5 Å². The number of anilines is 1. The van der Waals surface area contributed by atoms with E-state index in [2.05, 4.69) is 18.7 Å². The lowest BCUT2D eigenvalue weighted by Gasteiger charge is -2.29. The van der Waals surface area contributed by atoms with Crippen LogP contribution in [0.5, 0.6) is 5.75 Å². The summed E-state index contributed by atoms with van der Waals surface area (Å²) < 4.78 is 5.86. The van der Waals surface area contributed by atoms with E-state index in [0.29, 0.717) is 0 Å². The SMILES string of the molecule is CC(C)CCN(CCOc1ccc(N)cc1)C1CCCC1. The second-order valence-electron chi connectivity index (χ2n) is 6.57. The van der Waals surface area contributed by atoms with Crippen LogP contribution in [0.1, 0.15) is 46.0 Å². The lowest BCUT2D eigenvalue weighted by molar-refractivity contribution is 0.153. The van der Waals surface area contributed by atoms with Gasteiger partial charge in [-0.25, -0.2) is 0 Å². The monoisotopic (exact) mass is 290 g/mol. The van der Waals surface area contributed by atoms with E-state index in [4.69, 9.17) is 10.5 Å². The molecule has 3 nitrogen and oxygen atoms in total. The van der Waals surface area contributed by atoms with Crippen molar-refractivity contribution in [1.82, 2.24) is 4.90 Å². The van der Waals surface area contributed by atoms with Gasteiger partial charge in [-0.15, -0.1) is 0 Å². The molecular formula is C18H30N2O. The minimum atomic E-state index is 0.762. The summed E-state index contributed by atoms with van der Waals surface area (Å²) in [5.74, 6) is 1.69. The highest BCUT2D eigenvalue weighted by molar-refractivity contribution is 5.41. The Labute approximate surface area is 129 Å². The topological polar surface area (TPSA) is 38.5 Å². The molecule has 0 spiro atoms. The van der Waals surface area contributed by atoms with Crippen LogP contribution in [0.2, 0.25) is 0 Å². The van der Waals surface area contributed by atoms with Crippen molar-refractivity contribution in [2.75, 3.05) is 25.4 Å². The summed E-state index contributed by atoms with van der Waals surface area (Å²) in [4.78, 5) is 2.64. The van der Waals surface area contributed by atoms with Gasteiger partial charge in [-0.05, 0) is 56.0 Å². The molecule has 1 aliphatic rings. The molecular weight excluding hydrogens is 260 g/mol. The maximum Gasteiger partial charge on any atom is 0.119 e. The first-order valence-electron chi connectivity index (χ1n) is 8.37. The summed E-state index contributed by atoms with van der Waals surface area (Å²) in [6.45, 7) is 7.60. The van der Waals surface area contributed by atoms with E-state index in [-0.39, 0.29) is 0 Å². The first-order chi connectivity index (χ1) is 10.1. The van der Waals surface area contributed by atoms with Gasteiger partial charge in [0.2, 0.25) is 0 Å². The van der Waals surface area contributed by atoms with Gasteiger partial charge in [0, 0.05) is 18.3 Å². The number of nitrogens with zero attached hydrogens (tertiary/aromatic N) is 1. The molecule has 1 aromatic carbocycles. The molecule has 0 heterocycles. The maximum atomic E-state index is 5.86. The van der Waals surface area contributed by atoms with E-state index in [1.807, 2.05) is 24.3 Å². The Morgan fingerprint density at radius 3 is 2.43 bits per heavy atom. The molecule has 0 bridgehead atoms. The van der Waals surface area contributed by atoms with Gasteiger partial charge in [0.1, 0.15) is 12.4 Å². The van der Waals surface area contributed by atoms with Gasteiger partial charge in [0.05, 0.1) is 0 Å². The molecule has 2 N–H and O–H groups in total. The molecule has 1 fully saturated rings. The molecule has 0 aromatic heterocycles. The zero-order chi connectivity index (χ0) is 15.1. The highest BCUT2D eigenvalue weighted by Crippen LogP contribution is 2.24. The first-order valence-corrected chi connectivity index (χ1v) is 8.37. The molecule has 0 saturated heterocycles. The van der Waals surface area contributed by atoms with Crippen LogP contribution >= 0.6 is 0 Å². The smallest absolute Gasteiger partial charge is 0.119 e. The second-order valence-corrected chi connectivity index (χ2v) is 6.57. The van der Waals surface area contributed by atoms with E-state index in [0.717, 1.165) is 36.5 Å². The molecule has 2 rings (SSSR count). The van der Waals surface area contributed by atoms with Crippen molar-refractivity contribution in [2.45, 2.75) is 52.0 Å². The van der Waals surface area contributed by atoms with Crippen molar-refractivity contribution in [3.8, 4) is 5.75 Å². The average Bonchev–Trinajstić information content (AvgIpc) is 2.98. The van der Waals surface area contributed by atoms with Crippen molar-refractivity contribution in [3.63, 3.8) is 0 Å². The number of hydrogen-bond donors (Lipinski definition) is 1. The van der Waals surface area contributed by atoms with Crippen molar-refractivity contribution < 1.29 is 4.74 Å². The normalized spacial score (nSPS) is 16.0. The molecule has 1 saturated carbocycles. The molecule has 0 atom stereocenters. The van der Waals surface area contributed by atoms with Gasteiger partial charge in [0.15, 0.2) is 0 Å². The van der Waals surface area contributed by atoms with Crippen molar-refractivity contribution in [3.05, 3.63) is 24.3 Å². The van der Waals surface area contributed by atoms with Crippen LogP contribution in [-0.4, -0.2) is 30.6 Å². The van der Waals surface area contributed by atoms with Crippen molar-refractivity contribution in [1.29, 1.82) is 0 Å². The summed E-state index contributed by atoms with van der Waals surface area (Å²) in [5.41, 5.74) is 6.47. The van der Waals surface area contributed by atoms with E-state index < -0.39 is 0 Å². The number of ether oxygens (including phenoxy) is 1. The van der Waals surface area contributed by atoms with Crippen molar-refractivity contribution in [2.24, 2.45) is 5.92 Å². The first kappa shape index (κ1) is 16.2. The molecule has 0 aliphatic heterocycles. The summed E-state index contributed by atoms with van der Waals surface area (Å²) in [7, 11) is 0. The third kappa shape index (κ3) is 5.58. The number of benzene rings is 1. The zero-order valence-electron chi connectivity index (χ0n) is 13.6. The predicted octanol–water partition coefficient (Wildman–Crippen LogP) is 3.94. The predicted molar refractivity (Wildman–Crippen MR) is 89.6 cm³/mol. The Bertz CT molecular complexity index is 396. The van der Waals surface area contributed by atoms with Gasteiger partial charge >= 0.3 is 0 Å². The van der Waals surface area contributed by atoms with E-state index >= 15 is 0 Å². The zero-order valence-corrected chi connectivity index (χ0v) is 13.6. The summed E-state index contributed by atoms with van der Waals surface area (Å²) >= 11 is 0. The van der Waals surface area contributed by atoms with Crippen LogP contribution in [0.15, 0.2) is 24.3 Å². The van der Waals surface area contributed by atoms with Crippen LogP contribution in [0.3, 0.4) is 0 Å². The van der Waals surface area contributed by atoms with Gasteiger partial charge in [0.25, 0.3) is 0 Å². The molecule has 0 radical (unpaired) electrons. The standard InChI is InChI=1S/C18H30N2O/c1-15(2)11-12-20(17-5-3-4-6-17)13-14-21-18-9-7-16(19)8-10-18/h7-10,15,17H,3-6,11-14,19H2,1-2H3. The molecule has 1 aromatic rings. The fourth-order valence-corrected chi connectivity index (χ4v) is 3.02. The van der Waals surface area contributed by atoms with Gasteiger partial charge < -0.3 is 10.5 Å². The Morgan fingerprint density at radius 1 is 1.14 bits per heavy atom. The van der Waals surface area contributed by atoms with Gasteiger partial charge in [-0.2, -0.15) is 0 Å². The fourth-order valence-electron chi connectivity index (χ4n) is 3.02. The van der Waals surface area contributed by atoms with E-state index in [9.17, 15) is 0 Å². The number of nitrogen functional groups attached to an aromatic ring is 1. The Morgan fingerprint density at radius 2 is 1.81 bits per heavy atom. The summed E-state index contributed by atoms with van der Waals surface area (Å²) in [6, 6.07) is 8.46. The number of nitrogens with two attached hydrogens (primary N) is 1. The molecule has 21 heavy (non-hydrogen) atoms. The highest BCUT2D eigenvalue weighted by Gasteiger charge is 2.22. The Kier molecular flexibility index (Phi) is 6.37. The molecule has 3 heteroatoms. The largest absolute Gasteiger partial charge is 0.492 e. The minimum absolute atomic E-state index is 0.762. The van der Waals surface area contributed by atoms with Crippen LogP contribution in [0.4, 0.5) is 5.69 Å². The lowest BCUT2D eigenvalue weighted by Crippen LogP contribution is -2.37. The molecule has 0 amide bonds. The van der Waals surface area contributed by atoms with Crippen LogP contribution in [-0.2, 0) is 0 Å². The van der Waals surface area contributed by atoms with Gasteiger partial charge in [-0.3, -0.25) is 4.90 Å². The lowest BCUT2D eigenvalue weighted by atomic mass is 10.1. The fraction of sp³-hybridized carbons (Fsp3) is 0.667. The van der Waals surface area contributed by atoms with Crippen LogP contribution in [0.25, 0.3) is 0 Å². The average molecular weight is 290 g/mol.